The Kier molecular flexibility index (Phi) is 6.96. The Morgan fingerprint density at radius 1 is 1.08 bits per heavy atom. The van der Waals surface area contributed by atoms with Gasteiger partial charge in [-0.05, 0) is 55.0 Å². The number of carbonyl (C=O) groups is 1. The normalized spacial score (nSPS) is 32.3. The van der Waals surface area contributed by atoms with Gasteiger partial charge in [0.1, 0.15) is 0 Å². The third-order valence-corrected chi connectivity index (χ3v) is 12.1. The lowest BCUT2D eigenvalue weighted by atomic mass is 9.76. The molecule has 1 aliphatic heterocycles. The lowest BCUT2D eigenvalue weighted by molar-refractivity contribution is -0.142. The third-order valence-electron chi connectivity index (χ3n) is 7.47. The first-order valence-corrected chi connectivity index (χ1v) is 13.1. The Morgan fingerprint density at radius 3 is 2.31 bits per heavy atom. The topological polar surface area (TPSA) is 37.3 Å². The molecule has 3 rings (SSSR count). The van der Waals surface area contributed by atoms with Crippen LogP contribution in [0.1, 0.15) is 82.6 Å². The summed E-state index contributed by atoms with van der Waals surface area (Å²) in [6.07, 6.45) is 12.9. The molecule has 3 heteroatoms. The van der Waals surface area contributed by atoms with E-state index in [2.05, 4.69) is 37.3 Å². The van der Waals surface area contributed by atoms with Gasteiger partial charge in [0.05, 0.1) is 5.92 Å². The highest BCUT2D eigenvalue weighted by atomic mass is 28.3. The van der Waals surface area contributed by atoms with Crippen molar-refractivity contribution < 1.29 is 9.90 Å². The number of rotatable bonds is 7. The average Bonchev–Trinajstić information content (AvgIpc) is 2.69. The predicted octanol–water partition coefficient (Wildman–Crippen LogP) is 6.39. The second-order valence-corrected chi connectivity index (χ2v) is 12.7. The molecule has 0 spiro atoms. The van der Waals surface area contributed by atoms with Crippen LogP contribution < -0.4 is 0 Å². The van der Waals surface area contributed by atoms with E-state index in [-0.39, 0.29) is 5.92 Å². The van der Waals surface area contributed by atoms with Crippen LogP contribution in [-0.4, -0.2) is 19.9 Å². The fraction of sp³-hybridized carbons (Fsp3) is 0.696. The van der Waals surface area contributed by atoms with Gasteiger partial charge in [0, 0.05) is 8.80 Å². The summed E-state index contributed by atoms with van der Waals surface area (Å²) >= 11 is 0. The van der Waals surface area contributed by atoms with Gasteiger partial charge in [0.25, 0.3) is 0 Å². The summed E-state index contributed by atoms with van der Waals surface area (Å²) in [5.41, 5.74) is 1.53. The smallest absolute Gasteiger partial charge is 0.306 e. The fourth-order valence-corrected chi connectivity index (χ4v) is 10.7. The largest absolute Gasteiger partial charge is 0.481 e. The van der Waals surface area contributed by atoms with Crippen molar-refractivity contribution in [2.24, 2.45) is 5.92 Å². The van der Waals surface area contributed by atoms with Crippen molar-refractivity contribution in [3.8, 4) is 0 Å². The Hall–Kier alpha value is -1.09. The summed E-state index contributed by atoms with van der Waals surface area (Å²) in [6.45, 7) is 2.30. The second-order valence-electron chi connectivity index (χ2n) is 8.89. The van der Waals surface area contributed by atoms with E-state index < -0.39 is 14.8 Å². The van der Waals surface area contributed by atoms with Gasteiger partial charge in [-0.3, -0.25) is 4.79 Å². The van der Waals surface area contributed by atoms with Gasteiger partial charge in [0.2, 0.25) is 0 Å². The van der Waals surface area contributed by atoms with Gasteiger partial charge in [-0.25, -0.2) is 0 Å². The van der Waals surface area contributed by atoms with Crippen molar-refractivity contribution in [3.05, 3.63) is 35.9 Å². The van der Waals surface area contributed by atoms with Gasteiger partial charge < -0.3 is 5.11 Å². The average molecular weight is 373 g/mol. The summed E-state index contributed by atoms with van der Waals surface area (Å²) in [6, 6.07) is 13.7. The van der Waals surface area contributed by atoms with E-state index in [1.807, 2.05) is 0 Å². The van der Waals surface area contributed by atoms with E-state index in [4.69, 9.17) is 0 Å². The van der Waals surface area contributed by atoms with Gasteiger partial charge in [0.15, 0.2) is 0 Å². The molecule has 0 unspecified atom stereocenters. The van der Waals surface area contributed by atoms with Crippen molar-refractivity contribution in [1.29, 1.82) is 0 Å². The summed E-state index contributed by atoms with van der Waals surface area (Å²) in [5.74, 6) is 0.150. The van der Waals surface area contributed by atoms with Crippen LogP contribution >= 0.6 is 0 Å². The molecule has 1 aliphatic carbocycles. The molecule has 26 heavy (non-hydrogen) atoms. The molecule has 1 aromatic carbocycles. The van der Waals surface area contributed by atoms with Gasteiger partial charge in [-0.15, -0.1) is 0 Å². The molecule has 0 aromatic heterocycles. The molecule has 2 nitrogen and oxygen atoms in total. The van der Waals surface area contributed by atoms with Crippen LogP contribution in [0.15, 0.2) is 30.3 Å². The number of unbranched alkanes of at least 4 members (excludes halogenated alkanes) is 2. The zero-order valence-corrected chi connectivity index (χ0v) is 17.6. The van der Waals surface area contributed by atoms with Crippen molar-refractivity contribution in [3.63, 3.8) is 0 Å². The Labute approximate surface area is 161 Å². The maximum absolute atomic E-state index is 11.3. The molecule has 1 aromatic rings. The first-order chi connectivity index (χ1) is 12.6. The van der Waals surface area contributed by atoms with Crippen molar-refractivity contribution in [2.45, 2.75) is 94.2 Å². The van der Waals surface area contributed by atoms with Crippen LogP contribution in [-0.2, 0) is 4.79 Å². The van der Waals surface area contributed by atoms with Gasteiger partial charge in [-0.1, -0.05) is 75.0 Å². The fourth-order valence-electron chi connectivity index (χ4n) is 5.79. The second kappa shape index (κ2) is 9.21. The molecular weight excluding hydrogens is 336 g/mol. The van der Waals surface area contributed by atoms with Crippen LogP contribution in [0.3, 0.4) is 0 Å². The molecule has 1 N–H and O–H groups in total. The number of hydrogen-bond donors (Lipinski definition) is 1. The zero-order valence-electron chi connectivity index (χ0n) is 16.5. The minimum absolute atomic E-state index is 0.0490. The Bertz CT molecular complexity index is 555. The molecule has 1 saturated heterocycles. The maximum Gasteiger partial charge on any atom is 0.306 e. The maximum atomic E-state index is 11.3. The lowest BCUT2D eigenvalue weighted by Gasteiger charge is -2.47. The molecule has 2 aliphatic rings. The molecule has 2 fully saturated rings. The summed E-state index contributed by atoms with van der Waals surface area (Å²) in [4.78, 5) is 11.3. The minimum Gasteiger partial charge on any atom is -0.481 e. The highest BCUT2D eigenvalue weighted by Crippen LogP contribution is 2.56. The number of carboxylic acid groups (broad SMARTS) is 1. The first-order valence-electron chi connectivity index (χ1n) is 10.9. The van der Waals surface area contributed by atoms with Crippen LogP contribution in [0.4, 0.5) is 0 Å². The SMILES string of the molecule is CCCCCC1([SiH]2CCC(C(=O)O)CC2)CCC(c2ccccc2)CC1. The highest BCUT2D eigenvalue weighted by Gasteiger charge is 2.44. The molecule has 144 valence electrons. The molecule has 0 bridgehead atoms. The number of carboxylic acids is 1. The molecule has 0 amide bonds. The van der Waals surface area contributed by atoms with E-state index in [1.165, 1.54) is 69.0 Å². The highest BCUT2D eigenvalue weighted by molar-refractivity contribution is 6.62. The molecule has 0 radical (unpaired) electrons. The number of aliphatic carboxylic acids is 1. The summed E-state index contributed by atoms with van der Waals surface area (Å²) < 4.78 is 0. The molecule has 1 saturated carbocycles. The van der Waals surface area contributed by atoms with Gasteiger partial charge in [-0.2, -0.15) is 0 Å². The Morgan fingerprint density at radius 2 is 1.73 bits per heavy atom. The molecule has 0 atom stereocenters. The Balaban J connectivity index is 1.65. The van der Waals surface area contributed by atoms with Crippen molar-refractivity contribution in [1.82, 2.24) is 0 Å². The van der Waals surface area contributed by atoms with Crippen LogP contribution in [0.25, 0.3) is 0 Å². The number of benzene rings is 1. The van der Waals surface area contributed by atoms with Crippen LogP contribution in [0, 0.1) is 5.92 Å². The van der Waals surface area contributed by atoms with E-state index in [9.17, 15) is 9.90 Å². The number of hydrogen-bond acceptors (Lipinski definition) is 1. The van der Waals surface area contributed by atoms with Crippen LogP contribution in [0.2, 0.25) is 17.1 Å². The quantitative estimate of drug-likeness (QED) is 0.445. The predicted molar refractivity (Wildman–Crippen MR) is 112 cm³/mol. The lowest BCUT2D eigenvalue weighted by Crippen LogP contribution is -2.39. The summed E-state index contributed by atoms with van der Waals surface area (Å²) in [7, 11) is -0.850. The monoisotopic (exact) mass is 372 g/mol. The van der Waals surface area contributed by atoms with Crippen molar-refractivity contribution in [2.75, 3.05) is 0 Å². The summed E-state index contributed by atoms with van der Waals surface area (Å²) in [5, 5.41) is 9.98. The zero-order chi connectivity index (χ0) is 18.4. The standard InChI is InChI=1S/C23H36O2Si/c1-2-3-7-14-23(26-17-12-21(13-18-26)22(24)25)15-10-20(11-16-23)19-8-5-4-6-9-19/h4-6,8-9,20-21,26H,2-3,7,10-18H2,1H3,(H,24,25). The molecule has 1 heterocycles. The van der Waals surface area contributed by atoms with E-state index in [0.29, 0.717) is 5.04 Å². The van der Waals surface area contributed by atoms with Crippen LogP contribution in [0.5, 0.6) is 0 Å². The molecular formula is C23H36O2Si. The third kappa shape index (κ3) is 4.60. The van der Waals surface area contributed by atoms with E-state index in [1.54, 1.807) is 0 Å². The van der Waals surface area contributed by atoms with E-state index in [0.717, 1.165) is 18.8 Å². The first kappa shape index (κ1) is 19.7. The van der Waals surface area contributed by atoms with Gasteiger partial charge >= 0.3 is 5.97 Å². The minimum atomic E-state index is -0.850. The van der Waals surface area contributed by atoms with E-state index >= 15 is 0 Å². The van der Waals surface area contributed by atoms with Crippen molar-refractivity contribution >= 4 is 14.8 Å².